The van der Waals surface area contributed by atoms with Gasteiger partial charge in [-0.1, -0.05) is 31.5 Å². The summed E-state index contributed by atoms with van der Waals surface area (Å²) in [7, 11) is 0. The number of fused-ring (bicyclic) bond motifs is 3. The fourth-order valence-corrected chi connectivity index (χ4v) is 4.95. The molecule has 2 aliphatic heterocycles. The summed E-state index contributed by atoms with van der Waals surface area (Å²) in [5, 5.41) is 12.4. The first kappa shape index (κ1) is 19.5. The maximum atomic E-state index is 14.9. The zero-order valence-electron chi connectivity index (χ0n) is 16.7. The minimum atomic E-state index is -0.594. The fraction of sp³-hybridized carbons (Fsp3) is 0.455. The van der Waals surface area contributed by atoms with E-state index in [2.05, 4.69) is 6.92 Å². The predicted molar refractivity (Wildman–Crippen MR) is 108 cm³/mol. The zero-order valence-corrected chi connectivity index (χ0v) is 16.7. The number of carbonyl (C=O) groups excluding carboxylic acids is 1. The summed E-state index contributed by atoms with van der Waals surface area (Å²) in [6.07, 6.45) is 4.77. The van der Waals surface area contributed by atoms with E-state index in [4.69, 9.17) is 0 Å². The van der Waals surface area contributed by atoms with Crippen LogP contribution in [0.25, 0.3) is 0 Å². The number of benzene rings is 1. The van der Waals surface area contributed by atoms with E-state index in [0.717, 1.165) is 25.7 Å². The van der Waals surface area contributed by atoms with Crippen LogP contribution in [0.15, 0.2) is 41.3 Å². The molecule has 0 aliphatic carbocycles. The lowest BCUT2D eigenvalue weighted by Gasteiger charge is -2.54. The van der Waals surface area contributed by atoms with Gasteiger partial charge in [0.2, 0.25) is 5.43 Å². The van der Waals surface area contributed by atoms with E-state index in [1.807, 2.05) is 18.0 Å². The molecule has 0 saturated carbocycles. The molecule has 1 N–H and O–H groups in total. The third-order valence-electron chi connectivity index (χ3n) is 6.18. The number of hydrogen-bond donors (Lipinski definition) is 1. The number of rotatable bonds is 4. The van der Waals surface area contributed by atoms with Gasteiger partial charge < -0.3 is 10.0 Å². The molecular weight excluding hydrogens is 373 g/mol. The van der Waals surface area contributed by atoms with Gasteiger partial charge in [0.25, 0.3) is 5.91 Å². The van der Waals surface area contributed by atoms with Crippen LogP contribution in [0.5, 0.6) is 5.75 Å². The van der Waals surface area contributed by atoms with E-state index in [1.54, 1.807) is 21.7 Å². The van der Waals surface area contributed by atoms with Crippen LogP contribution >= 0.6 is 0 Å². The van der Waals surface area contributed by atoms with Crippen molar-refractivity contribution in [3.8, 4) is 5.75 Å². The Hall–Kier alpha value is -2.83. The molecule has 29 heavy (non-hydrogen) atoms. The quantitative estimate of drug-likeness (QED) is 0.856. The molecule has 2 aliphatic rings. The average Bonchev–Trinajstić information content (AvgIpc) is 2.71. The van der Waals surface area contributed by atoms with Gasteiger partial charge in [-0.2, -0.15) is 0 Å². The molecule has 1 fully saturated rings. The van der Waals surface area contributed by atoms with Crippen molar-refractivity contribution >= 4 is 5.91 Å². The Morgan fingerprint density at radius 1 is 1.14 bits per heavy atom. The second kappa shape index (κ2) is 7.54. The molecule has 0 bridgehead atoms. The smallest absolute Gasteiger partial charge is 0.278 e. The van der Waals surface area contributed by atoms with Gasteiger partial charge in [0.1, 0.15) is 12.0 Å². The van der Waals surface area contributed by atoms with Gasteiger partial charge in [-0.05, 0) is 38.2 Å². The van der Waals surface area contributed by atoms with Crippen LogP contribution < -0.4 is 10.4 Å². The standard InChI is InChI=1S/C22H26FN3O3/c1-3-7-14-10-11-18-24(4-2)22(29)20-21(28)17(27)12-13-25(20)26(18)19(14)15-8-5-6-9-16(15)23/h5-6,8-9,12-14,18-19,28H,3-4,7,10-11H2,1-2H3. The molecule has 7 heteroatoms. The topological polar surface area (TPSA) is 65.8 Å². The Labute approximate surface area is 169 Å². The van der Waals surface area contributed by atoms with E-state index in [9.17, 15) is 19.1 Å². The molecule has 1 amide bonds. The molecular formula is C22H26FN3O3. The van der Waals surface area contributed by atoms with Gasteiger partial charge in [0, 0.05) is 24.4 Å². The van der Waals surface area contributed by atoms with E-state index >= 15 is 0 Å². The summed E-state index contributed by atoms with van der Waals surface area (Å²) in [6.45, 7) is 4.42. The van der Waals surface area contributed by atoms with E-state index in [0.29, 0.717) is 12.1 Å². The summed E-state index contributed by atoms with van der Waals surface area (Å²) in [6, 6.07) is 7.69. The number of hydrogen-bond acceptors (Lipinski definition) is 4. The van der Waals surface area contributed by atoms with Gasteiger partial charge in [0.15, 0.2) is 11.4 Å². The maximum Gasteiger partial charge on any atom is 0.278 e. The molecule has 1 aromatic carbocycles. The van der Waals surface area contributed by atoms with Gasteiger partial charge in [-0.15, -0.1) is 0 Å². The third-order valence-corrected chi connectivity index (χ3v) is 6.18. The normalized spacial score (nSPS) is 23.7. The minimum absolute atomic E-state index is 0.0471. The summed E-state index contributed by atoms with van der Waals surface area (Å²) in [5.74, 6) is -1.02. The number of aromatic hydroxyl groups is 1. The minimum Gasteiger partial charge on any atom is -0.502 e. The van der Waals surface area contributed by atoms with Gasteiger partial charge in [-0.25, -0.2) is 4.39 Å². The van der Waals surface area contributed by atoms with Crippen LogP contribution in [-0.4, -0.2) is 33.3 Å². The monoisotopic (exact) mass is 399 g/mol. The molecule has 4 rings (SSSR count). The molecule has 1 saturated heterocycles. The van der Waals surface area contributed by atoms with Crippen LogP contribution in [-0.2, 0) is 0 Å². The van der Waals surface area contributed by atoms with Crippen molar-refractivity contribution in [1.82, 2.24) is 9.58 Å². The second-order valence-corrected chi connectivity index (χ2v) is 7.77. The molecule has 3 heterocycles. The van der Waals surface area contributed by atoms with Gasteiger partial charge in [-0.3, -0.25) is 19.3 Å². The van der Waals surface area contributed by atoms with Crippen LogP contribution in [0, 0.1) is 11.7 Å². The molecule has 6 nitrogen and oxygen atoms in total. The molecule has 2 aromatic rings. The number of carbonyl (C=O) groups is 1. The zero-order chi connectivity index (χ0) is 20.7. The summed E-state index contributed by atoms with van der Waals surface area (Å²) in [4.78, 5) is 26.8. The highest BCUT2D eigenvalue weighted by Crippen LogP contribution is 2.44. The van der Waals surface area contributed by atoms with Crippen molar-refractivity contribution in [2.24, 2.45) is 5.92 Å². The Balaban J connectivity index is 1.96. The number of pyridine rings is 1. The molecule has 0 spiro atoms. The second-order valence-electron chi connectivity index (χ2n) is 7.77. The third kappa shape index (κ3) is 2.99. The summed E-state index contributed by atoms with van der Waals surface area (Å²) >= 11 is 0. The Kier molecular flexibility index (Phi) is 5.06. The molecule has 3 atom stereocenters. The Bertz CT molecular complexity index is 990. The largest absolute Gasteiger partial charge is 0.502 e. The number of piperidine rings is 1. The SMILES string of the molecule is CCCC1CCC2N(CC)C(=O)c3c(O)c(=O)ccn3N2C1c1ccccc1F. The van der Waals surface area contributed by atoms with Crippen molar-refractivity contribution in [3.63, 3.8) is 0 Å². The van der Waals surface area contributed by atoms with Crippen molar-refractivity contribution < 1.29 is 14.3 Å². The lowest BCUT2D eigenvalue weighted by atomic mass is 9.81. The van der Waals surface area contributed by atoms with Crippen molar-refractivity contribution in [2.75, 3.05) is 11.6 Å². The first-order chi connectivity index (χ1) is 14.0. The van der Waals surface area contributed by atoms with E-state index < -0.39 is 11.2 Å². The van der Waals surface area contributed by atoms with E-state index in [1.165, 1.54) is 18.3 Å². The lowest BCUT2D eigenvalue weighted by Crippen LogP contribution is -2.65. The van der Waals surface area contributed by atoms with Crippen LogP contribution in [0.3, 0.4) is 0 Å². The lowest BCUT2D eigenvalue weighted by molar-refractivity contribution is 0.0418. The predicted octanol–water partition coefficient (Wildman–Crippen LogP) is 3.38. The van der Waals surface area contributed by atoms with Gasteiger partial charge in [0.05, 0.1) is 6.04 Å². The number of amides is 1. The summed E-state index contributed by atoms with van der Waals surface area (Å²) < 4.78 is 16.5. The highest BCUT2D eigenvalue weighted by Gasteiger charge is 2.47. The first-order valence-electron chi connectivity index (χ1n) is 10.3. The van der Waals surface area contributed by atoms with Gasteiger partial charge >= 0.3 is 0 Å². The Morgan fingerprint density at radius 3 is 2.59 bits per heavy atom. The van der Waals surface area contributed by atoms with Crippen LogP contribution in [0.4, 0.5) is 4.39 Å². The number of aromatic nitrogens is 1. The molecule has 0 radical (unpaired) electrons. The number of nitrogens with zero attached hydrogens (tertiary/aromatic N) is 3. The maximum absolute atomic E-state index is 14.9. The highest BCUT2D eigenvalue weighted by molar-refractivity contribution is 5.96. The highest BCUT2D eigenvalue weighted by atomic mass is 19.1. The average molecular weight is 399 g/mol. The Morgan fingerprint density at radius 2 is 1.90 bits per heavy atom. The van der Waals surface area contributed by atoms with Crippen molar-refractivity contribution in [2.45, 2.75) is 51.7 Å². The molecule has 3 unspecified atom stereocenters. The number of halogens is 1. The van der Waals surface area contributed by atoms with Crippen LogP contribution in [0.2, 0.25) is 0 Å². The molecule has 1 aromatic heterocycles. The summed E-state index contributed by atoms with van der Waals surface area (Å²) in [5.41, 5.74) is -0.0667. The van der Waals surface area contributed by atoms with Crippen molar-refractivity contribution in [3.05, 3.63) is 63.8 Å². The van der Waals surface area contributed by atoms with Crippen LogP contribution in [0.1, 0.15) is 61.6 Å². The van der Waals surface area contributed by atoms with E-state index in [-0.39, 0.29) is 35.5 Å². The first-order valence-corrected chi connectivity index (χ1v) is 10.3. The van der Waals surface area contributed by atoms with Crippen molar-refractivity contribution in [1.29, 1.82) is 0 Å². The fourth-order valence-electron chi connectivity index (χ4n) is 4.95. The molecule has 154 valence electrons.